The second kappa shape index (κ2) is 4.73. The average molecular weight is 234 g/mol. The molecule has 1 atom stereocenters. The highest BCUT2D eigenvalue weighted by Crippen LogP contribution is 2.24. The van der Waals surface area contributed by atoms with Gasteiger partial charge in [-0.3, -0.25) is 0 Å². The third-order valence-corrected chi connectivity index (χ3v) is 3.49. The lowest BCUT2D eigenvalue weighted by Gasteiger charge is -2.18. The summed E-state index contributed by atoms with van der Waals surface area (Å²) in [5.74, 6) is 0.745. The fourth-order valence-corrected chi connectivity index (χ4v) is 2.32. The number of nitrogens with zero attached hydrogens (tertiary/aromatic N) is 2. The van der Waals surface area contributed by atoms with Gasteiger partial charge in [-0.1, -0.05) is 13.3 Å². The first-order chi connectivity index (χ1) is 8.11. The molecule has 1 aromatic rings. The number of rotatable bonds is 3. The van der Waals surface area contributed by atoms with Gasteiger partial charge in [0, 0.05) is 13.1 Å². The van der Waals surface area contributed by atoms with E-state index < -0.39 is 5.97 Å². The molecule has 0 radical (unpaired) electrons. The topological polar surface area (TPSA) is 53.4 Å². The summed E-state index contributed by atoms with van der Waals surface area (Å²) >= 11 is 0. The van der Waals surface area contributed by atoms with Crippen molar-refractivity contribution in [2.45, 2.75) is 26.7 Å². The largest absolute Gasteiger partial charge is 0.478 e. The Bertz CT molecular complexity index is 431. The molecule has 1 saturated heterocycles. The van der Waals surface area contributed by atoms with Crippen molar-refractivity contribution in [2.24, 2.45) is 5.92 Å². The molecular formula is C13H18N2O2. The normalized spacial score (nSPS) is 19.6. The van der Waals surface area contributed by atoms with Crippen LogP contribution >= 0.6 is 0 Å². The molecule has 2 heterocycles. The van der Waals surface area contributed by atoms with Gasteiger partial charge in [0.05, 0.1) is 11.3 Å². The highest BCUT2D eigenvalue weighted by Gasteiger charge is 2.22. The number of pyridine rings is 1. The highest BCUT2D eigenvalue weighted by molar-refractivity contribution is 5.89. The summed E-state index contributed by atoms with van der Waals surface area (Å²) in [4.78, 5) is 17.5. The van der Waals surface area contributed by atoms with Crippen LogP contribution < -0.4 is 4.90 Å². The minimum absolute atomic E-state index is 0.292. The molecular weight excluding hydrogens is 216 g/mol. The van der Waals surface area contributed by atoms with E-state index in [1.54, 1.807) is 13.0 Å². The summed E-state index contributed by atoms with van der Waals surface area (Å²) < 4.78 is 0. The minimum Gasteiger partial charge on any atom is -0.478 e. The maximum Gasteiger partial charge on any atom is 0.337 e. The first-order valence-corrected chi connectivity index (χ1v) is 6.07. The van der Waals surface area contributed by atoms with E-state index in [4.69, 9.17) is 5.11 Å². The number of carboxylic acid groups (broad SMARTS) is 1. The summed E-state index contributed by atoms with van der Waals surface area (Å²) in [6, 6.07) is 3.47. The van der Waals surface area contributed by atoms with Crippen LogP contribution in [0.15, 0.2) is 12.1 Å². The Morgan fingerprint density at radius 3 is 2.88 bits per heavy atom. The predicted molar refractivity (Wildman–Crippen MR) is 66.5 cm³/mol. The van der Waals surface area contributed by atoms with Gasteiger partial charge < -0.3 is 10.0 Å². The number of carbonyl (C=O) groups is 1. The molecule has 1 unspecified atom stereocenters. The van der Waals surface area contributed by atoms with Gasteiger partial charge in [-0.15, -0.1) is 0 Å². The van der Waals surface area contributed by atoms with Gasteiger partial charge in [-0.2, -0.15) is 0 Å². The Labute approximate surface area is 101 Å². The Morgan fingerprint density at radius 2 is 2.35 bits per heavy atom. The number of aromatic nitrogens is 1. The Balaban J connectivity index is 2.18. The molecule has 0 amide bonds. The molecule has 1 aliphatic rings. The quantitative estimate of drug-likeness (QED) is 0.872. The number of anilines is 1. The van der Waals surface area contributed by atoms with Crippen molar-refractivity contribution >= 4 is 11.8 Å². The molecule has 1 fully saturated rings. The molecule has 1 aliphatic heterocycles. The first-order valence-electron chi connectivity index (χ1n) is 6.07. The number of hydrogen-bond donors (Lipinski definition) is 1. The standard InChI is InChI=1S/C13H18N2O2/c1-3-10-6-7-15(8-10)12-5-4-11(13(16)17)9(2)14-12/h4-5,10H,3,6-8H2,1-2H3,(H,16,17). The Kier molecular flexibility index (Phi) is 3.31. The van der Waals surface area contributed by atoms with E-state index in [2.05, 4.69) is 16.8 Å². The van der Waals surface area contributed by atoms with Crippen LogP contribution in [0.3, 0.4) is 0 Å². The lowest BCUT2D eigenvalue weighted by atomic mass is 10.1. The van der Waals surface area contributed by atoms with Crippen molar-refractivity contribution in [3.05, 3.63) is 23.4 Å². The Morgan fingerprint density at radius 1 is 1.59 bits per heavy atom. The third kappa shape index (κ3) is 2.40. The van der Waals surface area contributed by atoms with Crippen LogP contribution in [0, 0.1) is 12.8 Å². The van der Waals surface area contributed by atoms with Crippen molar-refractivity contribution in [3.8, 4) is 0 Å². The molecule has 0 aromatic carbocycles. The third-order valence-electron chi connectivity index (χ3n) is 3.49. The van der Waals surface area contributed by atoms with Gasteiger partial charge >= 0.3 is 5.97 Å². The second-order valence-corrected chi connectivity index (χ2v) is 4.62. The minimum atomic E-state index is -0.908. The van der Waals surface area contributed by atoms with E-state index in [9.17, 15) is 4.79 Å². The fourth-order valence-electron chi connectivity index (χ4n) is 2.32. The molecule has 0 aliphatic carbocycles. The van der Waals surface area contributed by atoms with Crippen molar-refractivity contribution in [1.29, 1.82) is 0 Å². The van der Waals surface area contributed by atoms with Gasteiger partial charge in [0.25, 0.3) is 0 Å². The van der Waals surface area contributed by atoms with Crippen molar-refractivity contribution in [1.82, 2.24) is 4.98 Å². The maximum atomic E-state index is 10.9. The van der Waals surface area contributed by atoms with Crippen LogP contribution in [-0.4, -0.2) is 29.1 Å². The smallest absolute Gasteiger partial charge is 0.337 e. The van der Waals surface area contributed by atoms with Crippen LogP contribution in [0.25, 0.3) is 0 Å². The lowest BCUT2D eigenvalue weighted by Crippen LogP contribution is -2.21. The van der Waals surface area contributed by atoms with Crippen LogP contribution in [0.4, 0.5) is 5.82 Å². The SMILES string of the molecule is CCC1CCN(c2ccc(C(=O)O)c(C)n2)C1. The lowest BCUT2D eigenvalue weighted by molar-refractivity contribution is 0.0695. The first kappa shape index (κ1) is 11.9. The van der Waals surface area contributed by atoms with Crippen LogP contribution in [0.5, 0.6) is 0 Å². The number of aryl methyl sites for hydroxylation is 1. The second-order valence-electron chi connectivity index (χ2n) is 4.62. The Hall–Kier alpha value is -1.58. The number of carboxylic acids is 1. The van der Waals surface area contributed by atoms with Crippen molar-refractivity contribution in [2.75, 3.05) is 18.0 Å². The molecule has 17 heavy (non-hydrogen) atoms. The monoisotopic (exact) mass is 234 g/mol. The van der Waals surface area contributed by atoms with E-state index >= 15 is 0 Å². The molecule has 0 spiro atoms. The fraction of sp³-hybridized carbons (Fsp3) is 0.538. The van der Waals surface area contributed by atoms with E-state index in [1.165, 1.54) is 12.8 Å². The number of aromatic carboxylic acids is 1. The zero-order chi connectivity index (χ0) is 12.4. The number of hydrogen-bond acceptors (Lipinski definition) is 3. The summed E-state index contributed by atoms with van der Waals surface area (Å²) in [5.41, 5.74) is 0.884. The van der Waals surface area contributed by atoms with Gasteiger partial charge in [0.1, 0.15) is 5.82 Å². The van der Waals surface area contributed by atoms with Gasteiger partial charge in [-0.05, 0) is 31.4 Å². The predicted octanol–water partition coefficient (Wildman–Crippen LogP) is 2.32. The molecule has 0 bridgehead atoms. The van der Waals surface area contributed by atoms with Crippen LogP contribution in [-0.2, 0) is 0 Å². The van der Waals surface area contributed by atoms with Crippen molar-refractivity contribution < 1.29 is 9.90 Å². The molecule has 1 aromatic heterocycles. The van der Waals surface area contributed by atoms with E-state index in [1.807, 2.05) is 6.07 Å². The molecule has 92 valence electrons. The average Bonchev–Trinajstić information content (AvgIpc) is 2.76. The zero-order valence-electron chi connectivity index (χ0n) is 10.3. The van der Waals surface area contributed by atoms with Crippen LogP contribution in [0.2, 0.25) is 0 Å². The highest BCUT2D eigenvalue weighted by atomic mass is 16.4. The molecule has 2 rings (SSSR count). The van der Waals surface area contributed by atoms with Crippen LogP contribution in [0.1, 0.15) is 35.8 Å². The summed E-state index contributed by atoms with van der Waals surface area (Å²) in [5, 5.41) is 8.95. The summed E-state index contributed by atoms with van der Waals surface area (Å²) in [6.45, 7) is 6.02. The van der Waals surface area contributed by atoms with Crippen molar-refractivity contribution in [3.63, 3.8) is 0 Å². The molecule has 4 nitrogen and oxygen atoms in total. The maximum absolute atomic E-state index is 10.9. The van der Waals surface area contributed by atoms with Gasteiger partial charge in [0.2, 0.25) is 0 Å². The van der Waals surface area contributed by atoms with E-state index in [0.29, 0.717) is 11.3 Å². The van der Waals surface area contributed by atoms with Gasteiger partial charge in [0.15, 0.2) is 0 Å². The van der Waals surface area contributed by atoms with E-state index in [-0.39, 0.29) is 0 Å². The molecule has 4 heteroatoms. The molecule has 1 N–H and O–H groups in total. The van der Waals surface area contributed by atoms with E-state index in [0.717, 1.165) is 24.8 Å². The summed E-state index contributed by atoms with van der Waals surface area (Å²) in [6.07, 6.45) is 2.40. The molecule has 0 saturated carbocycles. The zero-order valence-corrected chi connectivity index (χ0v) is 10.3. The van der Waals surface area contributed by atoms with Gasteiger partial charge in [-0.25, -0.2) is 9.78 Å². The summed E-state index contributed by atoms with van der Waals surface area (Å²) in [7, 11) is 0.